The molecule has 0 unspecified atom stereocenters. The summed E-state index contributed by atoms with van der Waals surface area (Å²) >= 11 is 0. The van der Waals surface area contributed by atoms with Crippen LogP contribution in [0.15, 0.2) is 66.4 Å². The maximum atomic E-state index is 12.7. The van der Waals surface area contributed by atoms with E-state index in [4.69, 9.17) is 14.2 Å². The molecule has 0 aliphatic carbocycles. The van der Waals surface area contributed by atoms with Crippen LogP contribution in [0.25, 0.3) is 6.08 Å². The number of nitro groups is 1. The van der Waals surface area contributed by atoms with E-state index in [1.807, 2.05) is 31.2 Å². The fourth-order valence-electron chi connectivity index (χ4n) is 3.25. The third-order valence-corrected chi connectivity index (χ3v) is 4.99. The number of hydrogen-bond acceptors (Lipinski definition) is 6. The maximum absolute atomic E-state index is 12.7. The summed E-state index contributed by atoms with van der Waals surface area (Å²) in [5, 5.41) is 10.8. The molecular formula is C24H19NO6. The summed E-state index contributed by atoms with van der Waals surface area (Å²) in [5.41, 5.74) is 2.79. The van der Waals surface area contributed by atoms with Gasteiger partial charge in [0.25, 0.3) is 5.69 Å². The Morgan fingerprint density at radius 3 is 2.39 bits per heavy atom. The average molecular weight is 417 g/mol. The molecule has 3 aromatic carbocycles. The van der Waals surface area contributed by atoms with Crippen LogP contribution in [0.5, 0.6) is 17.2 Å². The largest absolute Gasteiger partial charge is 0.497 e. The van der Waals surface area contributed by atoms with E-state index < -0.39 is 4.92 Å². The Hall–Kier alpha value is -4.13. The molecule has 0 amide bonds. The van der Waals surface area contributed by atoms with Gasteiger partial charge in [0.05, 0.1) is 17.6 Å². The summed E-state index contributed by atoms with van der Waals surface area (Å²) < 4.78 is 16.9. The normalized spacial score (nSPS) is 13.6. The van der Waals surface area contributed by atoms with Gasteiger partial charge in [-0.1, -0.05) is 12.1 Å². The molecule has 3 aromatic rings. The summed E-state index contributed by atoms with van der Waals surface area (Å²) in [7, 11) is 1.62. The SMILES string of the molecule is COc1ccc(COc2ccc3c(c2C)O/C(=C\c2ccc([N+](=O)[O-])cc2)C3=O)cc1. The molecule has 4 rings (SSSR count). The van der Waals surface area contributed by atoms with Gasteiger partial charge in [-0.05, 0) is 60.5 Å². The second kappa shape index (κ2) is 8.31. The van der Waals surface area contributed by atoms with E-state index in [1.54, 1.807) is 37.5 Å². The number of allylic oxidation sites excluding steroid dienone is 1. The van der Waals surface area contributed by atoms with Crippen molar-refractivity contribution in [2.24, 2.45) is 0 Å². The van der Waals surface area contributed by atoms with Crippen LogP contribution in [0.4, 0.5) is 5.69 Å². The number of non-ortho nitro benzene ring substituents is 1. The number of Topliss-reactive ketones (excluding diaryl/α,β-unsaturated/α-hetero) is 1. The van der Waals surface area contributed by atoms with Crippen LogP contribution in [-0.2, 0) is 6.61 Å². The predicted octanol–water partition coefficient (Wildman–Crippen LogP) is 5.11. The minimum atomic E-state index is -0.471. The van der Waals surface area contributed by atoms with Crippen molar-refractivity contribution in [3.05, 3.63) is 98.8 Å². The molecule has 0 spiro atoms. The number of nitro benzene ring substituents is 1. The van der Waals surface area contributed by atoms with Crippen LogP contribution in [0.3, 0.4) is 0 Å². The molecule has 1 aliphatic rings. The van der Waals surface area contributed by atoms with Crippen LogP contribution >= 0.6 is 0 Å². The van der Waals surface area contributed by atoms with Gasteiger partial charge in [-0.15, -0.1) is 0 Å². The van der Waals surface area contributed by atoms with Crippen molar-refractivity contribution < 1.29 is 23.9 Å². The number of benzene rings is 3. The molecule has 0 atom stereocenters. The summed E-state index contributed by atoms with van der Waals surface area (Å²) in [6, 6.07) is 16.9. The lowest BCUT2D eigenvalue weighted by Crippen LogP contribution is -1.98. The highest BCUT2D eigenvalue weighted by Crippen LogP contribution is 2.39. The number of methoxy groups -OCH3 is 1. The summed E-state index contributed by atoms with van der Waals surface area (Å²) in [6.45, 7) is 2.20. The number of rotatable bonds is 6. The Kier molecular flexibility index (Phi) is 5.41. The van der Waals surface area contributed by atoms with Gasteiger partial charge >= 0.3 is 0 Å². The van der Waals surface area contributed by atoms with Crippen LogP contribution in [-0.4, -0.2) is 17.8 Å². The molecule has 0 N–H and O–H groups in total. The van der Waals surface area contributed by atoms with Crippen LogP contribution in [0, 0.1) is 17.0 Å². The Morgan fingerprint density at radius 2 is 1.74 bits per heavy atom. The van der Waals surface area contributed by atoms with Gasteiger partial charge in [0, 0.05) is 17.7 Å². The Labute approximate surface area is 178 Å². The average Bonchev–Trinajstić information content (AvgIpc) is 3.10. The molecule has 0 fully saturated rings. The molecule has 1 heterocycles. The van der Waals surface area contributed by atoms with E-state index in [9.17, 15) is 14.9 Å². The van der Waals surface area contributed by atoms with E-state index >= 15 is 0 Å². The fourth-order valence-corrected chi connectivity index (χ4v) is 3.25. The van der Waals surface area contributed by atoms with Crippen LogP contribution in [0.2, 0.25) is 0 Å². The number of nitrogens with zero attached hydrogens (tertiary/aromatic N) is 1. The van der Waals surface area contributed by atoms with Crippen molar-refractivity contribution in [2.45, 2.75) is 13.5 Å². The zero-order valence-corrected chi connectivity index (χ0v) is 17.0. The topological polar surface area (TPSA) is 87.9 Å². The summed E-state index contributed by atoms with van der Waals surface area (Å²) in [5.74, 6) is 1.79. The minimum absolute atomic E-state index is 0.0152. The Balaban J connectivity index is 1.52. The number of ketones is 1. The molecular weight excluding hydrogens is 398 g/mol. The van der Waals surface area contributed by atoms with Crippen molar-refractivity contribution >= 4 is 17.5 Å². The Morgan fingerprint density at radius 1 is 1.03 bits per heavy atom. The second-order valence-electron chi connectivity index (χ2n) is 6.99. The summed E-state index contributed by atoms with van der Waals surface area (Å²) in [6.07, 6.45) is 1.57. The third kappa shape index (κ3) is 4.11. The van der Waals surface area contributed by atoms with E-state index in [-0.39, 0.29) is 17.2 Å². The molecule has 156 valence electrons. The quantitative estimate of drug-likeness (QED) is 0.315. The van der Waals surface area contributed by atoms with Gasteiger partial charge in [-0.3, -0.25) is 14.9 Å². The minimum Gasteiger partial charge on any atom is -0.497 e. The molecule has 0 saturated carbocycles. The standard InChI is InChI=1S/C24H19NO6/c1-15-21(30-14-17-5-9-19(29-2)10-6-17)12-11-20-23(26)22(31-24(15)20)13-16-3-7-18(8-4-16)25(27)28/h3-13H,14H2,1-2H3/b22-13-. The van der Waals surface area contributed by atoms with Gasteiger partial charge < -0.3 is 14.2 Å². The van der Waals surface area contributed by atoms with Gasteiger partial charge in [-0.25, -0.2) is 0 Å². The molecule has 7 heteroatoms. The van der Waals surface area contributed by atoms with Gasteiger partial charge in [0.2, 0.25) is 5.78 Å². The number of ether oxygens (including phenoxy) is 3. The van der Waals surface area contributed by atoms with Crippen molar-refractivity contribution in [3.63, 3.8) is 0 Å². The molecule has 1 aliphatic heterocycles. The highest BCUT2D eigenvalue weighted by Gasteiger charge is 2.30. The maximum Gasteiger partial charge on any atom is 0.269 e. The molecule has 0 radical (unpaired) electrons. The summed E-state index contributed by atoms with van der Waals surface area (Å²) in [4.78, 5) is 23.0. The lowest BCUT2D eigenvalue weighted by molar-refractivity contribution is -0.384. The van der Waals surface area contributed by atoms with Crippen LogP contribution < -0.4 is 14.2 Å². The van der Waals surface area contributed by atoms with Crippen molar-refractivity contribution in [2.75, 3.05) is 7.11 Å². The first-order chi connectivity index (χ1) is 15.0. The molecule has 31 heavy (non-hydrogen) atoms. The first-order valence-corrected chi connectivity index (χ1v) is 9.54. The smallest absolute Gasteiger partial charge is 0.269 e. The first kappa shape index (κ1) is 20.2. The Bertz CT molecular complexity index is 1180. The van der Waals surface area contributed by atoms with E-state index in [2.05, 4.69) is 0 Å². The fraction of sp³-hybridized carbons (Fsp3) is 0.125. The molecule has 0 saturated heterocycles. The van der Waals surface area contributed by atoms with Gasteiger partial charge in [0.1, 0.15) is 23.9 Å². The zero-order valence-electron chi connectivity index (χ0n) is 17.0. The van der Waals surface area contributed by atoms with Crippen LogP contribution in [0.1, 0.15) is 27.0 Å². The molecule has 0 bridgehead atoms. The number of hydrogen-bond donors (Lipinski definition) is 0. The van der Waals surface area contributed by atoms with E-state index in [0.717, 1.165) is 16.9 Å². The predicted molar refractivity (Wildman–Crippen MR) is 115 cm³/mol. The number of carbonyl (C=O) groups excluding carboxylic acids is 1. The van der Waals surface area contributed by atoms with Gasteiger partial charge in [-0.2, -0.15) is 0 Å². The third-order valence-electron chi connectivity index (χ3n) is 4.99. The van der Waals surface area contributed by atoms with Crippen molar-refractivity contribution in [1.82, 2.24) is 0 Å². The number of fused-ring (bicyclic) bond motifs is 1. The lowest BCUT2D eigenvalue weighted by Gasteiger charge is -2.12. The van der Waals surface area contributed by atoms with E-state index in [1.165, 1.54) is 12.1 Å². The lowest BCUT2D eigenvalue weighted by atomic mass is 10.1. The van der Waals surface area contributed by atoms with E-state index in [0.29, 0.717) is 29.2 Å². The highest BCUT2D eigenvalue weighted by molar-refractivity contribution is 6.14. The van der Waals surface area contributed by atoms with Gasteiger partial charge in [0.15, 0.2) is 5.76 Å². The van der Waals surface area contributed by atoms with Crippen molar-refractivity contribution in [1.29, 1.82) is 0 Å². The first-order valence-electron chi connectivity index (χ1n) is 9.54. The zero-order chi connectivity index (χ0) is 22.0. The monoisotopic (exact) mass is 417 g/mol. The molecule has 0 aromatic heterocycles. The molecule has 7 nitrogen and oxygen atoms in total. The van der Waals surface area contributed by atoms with Crippen molar-refractivity contribution in [3.8, 4) is 17.2 Å². The highest BCUT2D eigenvalue weighted by atomic mass is 16.6. The second-order valence-corrected chi connectivity index (χ2v) is 6.99. The number of carbonyl (C=O) groups is 1.